The number of amides is 2. The van der Waals surface area contributed by atoms with Crippen molar-refractivity contribution in [3.8, 4) is 0 Å². The Kier molecular flexibility index (Phi) is 4.51. The number of carbonyl (C=O) groups is 2. The van der Waals surface area contributed by atoms with Gasteiger partial charge < -0.3 is 4.57 Å². The summed E-state index contributed by atoms with van der Waals surface area (Å²) in [5, 5.41) is 5.50. The van der Waals surface area contributed by atoms with E-state index < -0.39 is 0 Å². The van der Waals surface area contributed by atoms with Gasteiger partial charge in [0.25, 0.3) is 11.8 Å². The molecule has 1 aliphatic rings. The van der Waals surface area contributed by atoms with E-state index >= 15 is 0 Å². The second-order valence-corrected chi connectivity index (χ2v) is 8.41. The van der Waals surface area contributed by atoms with Crippen LogP contribution in [0.25, 0.3) is 16.7 Å². The summed E-state index contributed by atoms with van der Waals surface area (Å²) in [5.74, 6) is 0.0124. The Morgan fingerprint density at radius 2 is 1.62 bits per heavy atom. The van der Waals surface area contributed by atoms with Gasteiger partial charge in [-0.1, -0.05) is 18.2 Å². The fraction of sp³-hybridized carbons (Fsp3) is 0.200. The third-order valence-corrected chi connectivity index (χ3v) is 6.47. The van der Waals surface area contributed by atoms with Crippen molar-refractivity contribution in [1.82, 2.24) is 34.0 Å². The molecule has 0 radical (unpaired) electrons. The molecule has 0 saturated carbocycles. The maximum atomic E-state index is 12.7. The predicted octanol–water partition coefficient (Wildman–Crippen LogP) is 2.98. The van der Waals surface area contributed by atoms with Crippen LogP contribution in [0.5, 0.6) is 0 Å². The van der Waals surface area contributed by atoms with Gasteiger partial charge in [-0.2, -0.15) is 0 Å². The lowest BCUT2D eigenvalue weighted by atomic mass is 10.1. The quantitative estimate of drug-likeness (QED) is 0.381. The summed E-state index contributed by atoms with van der Waals surface area (Å²) in [4.78, 5) is 40.4. The molecule has 5 aromatic rings. The summed E-state index contributed by atoms with van der Waals surface area (Å²) in [7, 11) is 0. The van der Waals surface area contributed by atoms with Crippen LogP contribution in [0.3, 0.4) is 0 Å². The molecule has 1 aliphatic heterocycles. The van der Waals surface area contributed by atoms with Gasteiger partial charge in [-0.25, -0.2) is 14.5 Å². The fourth-order valence-electron chi connectivity index (χ4n) is 4.58. The van der Waals surface area contributed by atoms with Gasteiger partial charge in [0.05, 0.1) is 28.8 Å². The smallest absolute Gasteiger partial charge is 0.261 e. The highest BCUT2D eigenvalue weighted by molar-refractivity contribution is 6.21. The molecule has 0 bridgehead atoms. The second-order valence-electron chi connectivity index (χ2n) is 8.41. The van der Waals surface area contributed by atoms with E-state index in [2.05, 4.69) is 33.5 Å². The van der Waals surface area contributed by atoms with Crippen molar-refractivity contribution < 1.29 is 9.59 Å². The van der Waals surface area contributed by atoms with E-state index in [1.807, 2.05) is 18.2 Å². The molecule has 5 heterocycles. The monoisotopic (exact) mass is 451 g/mol. The molecule has 6 rings (SSSR count). The number of imide groups is 1. The van der Waals surface area contributed by atoms with E-state index in [4.69, 9.17) is 4.98 Å². The van der Waals surface area contributed by atoms with Crippen LogP contribution in [0.1, 0.15) is 43.5 Å². The molecule has 9 nitrogen and oxygen atoms in total. The Bertz CT molecular complexity index is 1570. The van der Waals surface area contributed by atoms with Crippen molar-refractivity contribution >= 4 is 28.5 Å². The molecule has 0 spiro atoms. The Labute approximate surface area is 194 Å². The Morgan fingerprint density at radius 1 is 0.882 bits per heavy atom. The minimum atomic E-state index is -0.272. The van der Waals surface area contributed by atoms with Crippen molar-refractivity contribution in [3.63, 3.8) is 0 Å². The van der Waals surface area contributed by atoms with Crippen molar-refractivity contribution in [3.05, 3.63) is 88.9 Å². The Hall–Kier alpha value is -4.40. The molecule has 34 heavy (non-hydrogen) atoms. The molecule has 4 aromatic heterocycles. The number of benzene rings is 1. The van der Waals surface area contributed by atoms with E-state index in [1.54, 1.807) is 41.3 Å². The largest absolute Gasteiger partial charge is 0.323 e. The van der Waals surface area contributed by atoms with Crippen LogP contribution in [0.4, 0.5) is 0 Å². The molecule has 168 valence electrons. The molecule has 0 fully saturated rings. The van der Waals surface area contributed by atoms with Crippen LogP contribution >= 0.6 is 0 Å². The Morgan fingerprint density at radius 3 is 2.32 bits per heavy atom. The molecule has 0 aliphatic carbocycles. The maximum absolute atomic E-state index is 12.7. The lowest BCUT2D eigenvalue weighted by Crippen LogP contribution is -2.31. The molecule has 0 N–H and O–H groups in total. The van der Waals surface area contributed by atoms with Gasteiger partial charge in [-0.3, -0.25) is 19.5 Å². The molecule has 2 amide bonds. The average molecular weight is 451 g/mol. The minimum Gasteiger partial charge on any atom is -0.323 e. The Balaban J connectivity index is 1.32. The third kappa shape index (κ3) is 3.01. The number of pyridine rings is 1. The predicted molar refractivity (Wildman–Crippen MR) is 125 cm³/mol. The van der Waals surface area contributed by atoms with E-state index in [0.717, 1.165) is 28.0 Å². The number of aryl methyl sites for hydroxylation is 1. The number of nitrogens with zero attached hydrogens (tertiary/aromatic N) is 7. The average Bonchev–Trinajstić information content (AvgIpc) is 3.46. The van der Waals surface area contributed by atoms with Crippen LogP contribution in [0.2, 0.25) is 0 Å². The first kappa shape index (κ1) is 20.2. The van der Waals surface area contributed by atoms with E-state index in [9.17, 15) is 9.59 Å². The highest BCUT2D eigenvalue weighted by Crippen LogP contribution is 2.28. The molecule has 1 aromatic carbocycles. The van der Waals surface area contributed by atoms with Crippen molar-refractivity contribution in [2.75, 3.05) is 6.54 Å². The zero-order valence-corrected chi connectivity index (χ0v) is 18.8. The summed E-state index contributed by atoms with van der Waals surface area (Å²) in [6.07, 6.45) is 3.80. The van der Waals surface area contributed by atoms with Crippen LogP contribution in [0, 0.1) is 13.8 Å². The molecular formula is C25H21N7O2. The first-order valence-electron chi connectivity index (χ1n) is 11.1. The van der Waals surface area contributed by atoms with E-state index in [0.29, 0.717) is 35.6 Å². The number of fused-ring (bicyclic) bond motifs is 4. The van der Waals surface area contributed by atoms with Gasteiger partial charge in [0.1, 0.15) is 12.0 Å². The van der Waals surface area contributed by atoms with Gasteiger partial charge >= 0.3 is 0 Å². The zero-order chi connectivity index (χ0) is 23.4. The zero-order valence-electron chi connectivity index (χ0n) is 18.8. The number of carbonyl (C=O) groups excluding carboxylic acids is 2. The number of aromatic nitrogens is 6. The van der Waals surface area contributed by atoms with Crippen LogP contribution in [0.15, 0.2) is 55.0 Å². The molecule has 0 saturated heterocycles. The minimum absolute atomic E-state index is 0.221. The van der Waals surface area contributed by atoms with Crippen molar-refractivity contribution in [2.45, 2.75) is 26.8 Å². The number of rotatable bonds is 5. The summed E-state index contributed by atoms with van der Waals surface area (Å²) >= 11 is 0. The van der Waals surface area contributed by atoms with E-state index in [-0.39, 0.29) is 18.4 Å². The van der Waals surface area contributed by atoms with Crippen LogP contribution in [-0.2, 0) is 13.0 Å². The summed E-state index contributed by atoms with van der Waals surface area (Å²) < 4.78 is 3.80. The molecular weight excluding hydrogens is 430 g/mol. The highest BCUT2D eigenvalue weighted by atomic mass is 16.2. The topological polar surface area (TPSA) is 98.3 Å². The van der Waals surface area contributed by atoms with Crippen molar-refractivity contribution in [1.29, 1.82) is 0 Å². The first-order chi connectivity index (χ1) is 16.5. The third-order valence-electron chi connectivity index (χ3n) is 6.47. The highest BCUT2D eigenvalue weighted by Gasteiger charge is 2.34. The number of hydrogen-bond donors (Lipinski definition) is 0. The SMILES string of the molecule is Cc1c(C)n(Cc2ccccn2)c2ncn3nc(CCN4C(=O)c5ccccc5C4=O)nc3c12. The standard InChI is InChI=1S/C25H21N7O2/c1-15-16(2)31(13-17-7-5-6-11-26-17)22-21(15)23-28-20(29-32(23)14-27-22)10-12-30-24(33)18-8-3-4-9-19(18)25(30)34/h3-9,11,14H,10,12-13H2,1-2H3. The van der Waals surface area contributed by atoms with Crippen molar-refractivity contribution in [2.24, 2.45) is 0 Å². The van der Waals surface area contributed by atoms with Gasteiger partial charge in [0, 0.05) is 24.9 Å². The molecule has 0 atom stereocenters. The van der Waals surface area contributed by atoms with Gasteiger partial charge in [0.2, 0.25) is 0 Å². The summed E-state index contributed by atoms with van der Waals surface area (Å²) in [6.45, 7) is 4.96. The molecule has 0 unspecified atom stereocenters. The lowest BCUT2D eigenvalue weighted by Gasteiger charge is -2.11. The van der Waals surface area contributed by atoms with Gasteiger partial charge in [-0.05, 0) is 43.7 Å². The summed E-state index contributed by atoms with van der Waals surface area (Å²) in [5.41, 5.74) is 5.56. The van der Waals surface area contributed by atoms with Gasteiger partial charge in [-0.15, -0.1) is 5.10 Å². The van der Waals surface area contributed by atoms with Crippen LogP contribution in [-0.4, -0.2) is 52.4 Å². The summed E-state index contributed by atoms with van der Waals surface area (Å²) in [6, 6.07) is 12.8. The maximum Gasteiger partial charge on any atom is 0.261 e. The van der Waals surface area contributed by atoms with Gasteiger partial charge in [0.15, 0.2) is 11.5 Å². The fourth-order valence-corrected chi connectivity index (χ4v) is 4.58. The molecule has 9 heteroatoms. The number of hydrogen-bond acceptors (Lipinski definition) is 6. The van der Waals surface area contributed by atoms with E-state index in [1.165, 1.54) is 4.90 Å². The van der Waals surface area contributed by atoms with Crippen LogP contribution < -0.4 is 0 Å². The lowest BCUT2D eigenvalue weighted by molar-refractivity contribution is 0.0655. The normalized spacial score (nSPS) is 13.4. The first-order valence-corrected chi connectivity index (χ1v) is 11.1. The second kappa shape index (κ2) is 7.58.